The Morgan fingerprint density at radius 1 is 1.11 bits per heavy atom. The molecule has 0 unspecified atom stereocenters. The van der Waals surface area contributed by atoms with Crippen LogP contribution in [0, 0.1) is 6.92 Å². The number of rotatable bonds is 5. The molecule has 1 heterocycles. The summed E-state index contributed by atoms with van der Waals surface area (Å²) in [6.45, 7) is 2.00. The first kappa shape index (κ1) is 13.6. The van der Waals surface area contributed by atoms with Gasteiger partial charge < -0.3 is 9.47 Å². The Hall–Kier alpha value is -1.81. The monoisotopic (exact) mass is 276 g/mol. The van der Waals surface area contributed by atoms with Crippen molar-refractivity contribution in [2.75, 3.05) is 14.2 Å². The van der Waals surface area contributed by atoms with Gasteiger partial charge in [0.15, 0.2) is 17.3 Å². The Balaban J connectivity index is 2.17. The highest BCUT2D eigenvalue weighted by Crippen LogP contribution is 2.28. The van der Waals surface area contributed by atoms with E-state index in [1.165, 1.54) is 11.3 Å². The molecule has 0 atom stereocenters. The van der Waals surface area contributed by atoms with Gasteiger partial charge in [-0.2, -0.15) is 0 Å². The minimum atomic E-state index is 0.130. The van der Waals surface area contributed by atoms with E-state index in [4.69, 9.17) is 9.47 Å². The van der Waals surface area contributed by atoms with E-state index < -0.39 is 0 Å². The van der Waals surface area contributed by atoms with Crippen molar-refractivity contribution in [3.8, 4) is 11.5 Å². The quantitative estimate of drug-likeness (QED) is 0.784. The van der Waals surface area contributed by atoms with Crippen molar-refractivity contribution in [3.05, 3.63) is 45.6 Å². The first-order valence-corrected chi connectivity index (χ1v) is 6.76. The van der Waals surface area contributed by atoms with Crippen LogP contribution in [0.3, 0.4) is 0 Å². The molecule has 0 saturated heterocycles. The molecule has 2 rings (SSSR count). The standard InChI is InChI=1S/C15H16O3S/c1-10-4-7-15(19-10)12(16)8-11-5-6-13(17-2)14(9-11)18-3/h4-7,9H,8H2,1-3H3. The molecule has 0 fully saturated rings. The maximum Gasteiger partial charge on any atom is 0.177 e. The molecular formula is C15H16O3S. The Morgan fingerprint density at radius 2 is 1.84 bits per heavy atom. The second-order valence-electron chi connectivity index (χ2n) is 4.20. The van der Waals surface area contributed by atoms with Crippen molar-refractivity contribution in [3.63, 3.8) is 0 Å². The molecule has 0 spiro atoms. The van der Waals surface area contributed by atoms with Gasteiger partial charge >= 0.3 is 0 Å². The summed E-state index contributed by atoms with van der Waals surface area (Å²) in [6.07, 6.45) is 0.375. The molecule has 0 aliphatic heterocycles. The zero-order chi connectivity index (χ0) is 13.8. The molecule has 0 N–H and O–H groups in total. The molecule has 0 amide bonds. The minimum Gasteiger partial charge on any atom is -0.493 e. The van der Waals surface area contributed by atoms with Gasteiger partial charge in [0, 0.05) is 11.3 Å². The summed E-state index contributed by atoms with van der Waals surface area (Å²) in [7, 11) is 3.18. The molecule has 19 heavy (non-hydrogen) atoms. The number of ether oxygens (including phenoxy) is 2. The highest BCUT2D eigenvalue weighted by molar-refractivity contribution is 7.14. The van der Waals surface area contributed by atoms with Crippen LogP contribution in [0.5, 0.6) is 11.5 Å². The van der Waals surface area contributed by atoms with Crippen LogP contribution in [0.4, 0.5) is 0 Å². The summed E-state index contributed by atoms with van der Waals surface area (Å²) in [4.78, 5) is 14.1. The van der Waals surface area contributed by atoms with E-state index in [0.29, 0.717) is 17.9 Å². The normalized spacial score (nSPS) is 10.3. The molecule has 100 valence electrons. The van der Waals surface area contributed by atoms with Crippen LogP contribution in [0.1, 0.15) is 20.1 Å². The fraction of sp³-hybridized carbons (Fsp3) is 0.267. The van der Waals surface area contributed by atoms with Crippen LogP contribution in [0.2, 0.25) is 0 Å². The number of benzene rings is 1. The first-order chi connectivity index (χ1) is 9.13. The zero-order valence-corrected chi connectivity index (χ0v) is 12.0. The van der Waals surface area contributed by atoms with Gasteiger partial charge in [0.2, 0.25) is 0 Å². The summed E-state index contributed by atoms with van der Waals surface area (Å²) in [5.41, 5.74) is 0.925. The van der Waals surface area contributed by atoms with Gasteiger partial charge in [-0.05, 0) is 36.8 Å². The SMILES string of the molecule is COc1ccc(CC(=O)c2ccc(C)s2)cc1OC. The maximum atomic E-state index is 12.1. The van der Waals surface area contributed by atoms with E-state index in [9.17, 15) is 4.79 Å². The Bertz CT molecular complexity index is 587. The van der Waals surface area contributed by atoms with Crippen LogP contribution < -0.4 is 9.47 Å². The van der Waals surface area contributed by atoms with Crippen LogP contribution in [-0.4, -0.2) is 20.0 Å². The third-order valence-corrected chi connectivity index (χ3v) is 3.87. The van der Waals surface area contributed by atoms with Gasteiger partial charge in [0.1, 0.15) is 0 Å². The third-order valence-electron chi connectivity index (χ3n) is 2.83. The zero-order valence-electron chi connectivity index (χ0n) is 11.2. The predicted octanol–water partition coefficient (Wildman–Crippen LogP) is 3.50. The van der Waals surface area contributed by atoms with Gasteiger partial charge in [-0.3, -0.25) is 4.79 Å². The first-order valence-electron chi connectivity index (χ1n) is 5.94. The highest BCUT2D eigenvalue weighted by Gasteiger charge is 2.11. The number of Topliss-reactive ketones (excluding diaryl/α,β-unsaturated/α-hetero) is 1. The number of carbonyl (C=O) groups is 1. The molecule has 2 aromatic rings. The van der Waals surface area contributed by atoms with E-state index in [0.717, 1.165) is 15.3 Å². The molecule has 1 aromatic carbocycles. The molecule has 0 bridgehead atoms. The number of aryl methyl sites for hydroxylation is 1. The lowest BCUT2D eigenvalue weighted by Crippen LogP contribution is -2.02. The number of carbonyl (C=O) groups excluding carboxylic acids is 1. The molecule has 0 aliphatic carbocycles. The smallest absolute Gasteiger partial charge is 0.177 e. The van der Waals surface area contributed by atoms with E-state index in [-0.39, 0.29) is 5.78 Å². The van der Waals surface area contributed by atoms with Gasteiger partial charge in [0.05, 0.1) is 19.1 Å². The van der Waals surface area contributed by atoms with Crippen molar-refractivity contribution in [2.24, 2.45) is 0 Å². The van der Waals surface area contributed by atoms with Gasteiger partial charge in [-0.15, -0.1) is 11.3 Å². The molecule has 1 aromatic heterocycles. The molecule has 0 aliphatic rings. The molecule has 0 saturated carbocycles. The number of hydrogen-bond acceptors (Lipinski definition) is 4. The summed E-state index contributed by atoms with van der Waals surface area (Å²) in [5.74, 6) is 1.45. The molecule has 0 radical (unpaired) electrons. The van der Waals surface area contributed by atoms with Crippen LogP contribution >= 0.6 is 11.3 Å². The van der Waals surface area contributed by atoms with E-state index in [2.05, 4.69) is 0 Å². The lowest BCUT2D eigenvalue weighted by Gasteiger charge is -2.08. The number of ketones is 1. The van der Waals surface area contributed by atoms with Crippen LogP contribution in [0.25, 0.3) is 0 Å². The number of hydrogen-bond donors (Lipinski definition) is 0. The maximum absolute atomic E-state index is 12.1. The molecular weight excluding hydrogens is 260 g/mol. The fourth-order valence-corrected chi connectivity index (χ4v) is 2.65. The van der Waals surface area contributed by atoms with Crippen LogP contribution in [0.15, 0.2) is 30.3 Å². The van der Waals surface area contributed by atoms with E-state index in [1.54, 1.807) is 14.2 Å². The largest absolute Gasteiger partial charge is 0.493 e. The third kappa shape index (κ3) is 3.15. The lowest BCUT2D eigenvalue weighted by molar-refractivity contribution is 0.0997. The molecule has 4 heteroatoms. The number of thiophene rings is 1. The number of methoxy groups -OCH3 is 2. The van der Waals surface area contributed by atoms with E-state index >= 15 is 0 Å². The predicted molar refractivity (Wildman–Crippen MR) is 76.6 cm³/mol. The Kier molecular flexibility index (Phi) is 4.22. The van der Waals surface area contributed by atoms with Crippen LogP contribution in [-0.2, 0) is 6.42 Å². The van der Waals surface area contributed by atoms with Crippen molar-refractivity contribution >= 4 is 17.1 Å². The summed E-state index contributed by atoms with van der Waals surface area (Å²) < 4.78 is 10.4. The fourth-order valence-electron chi connectivity index (χ4n) is 1.85. The van der Waals surface area contributed by atoms with Crippen molar-refractivity contribution in [2.45, 2.75) is 13.3 Å². The summed E-state index contributed by atoms with van der Waals surface area (Å²) in [6, 6.07) is 9.40. The minimum absolute atomic E-state index is 0.130. The van der Waals surface area contributed by atoms with Crippen molar-refractivity contribution in [1.29, 1.82) is 0 Å². The van der Waals surface area contributed by atoms with Crippen molar-refractivity contribution < 1.29 is 14.3 Å². The second-order valence-corrected chi connectivity index (χ2v) is 5.49. The highest BCUT2D eigenvalue weighted by atomic mass is 32.1. The second kappa shape index (κ2) is 5.89. The van der Waals surface area contributed by atoms with Gasteiger partial charge in [-0.25, -0.2) is 0 Å². The average molecular weight is 276 g/mol. The summed E-state index contributed by atoms with van der Waals surface area (Å²) in [5, 5.41) is 0. The topological polar surface area (TPSA) is 35.5 Å². The Labute approximate surface area is 116 Å². The Morgan fingerprint density at radius 3 is 2.42 bits per heavy atom. The van der Waals surface area contributed by atoms with E-state index in [1.807, 2.05) is 37.3 Å². The van der Waals surface area contributed by atoms with Gasteiger partial charge in [0.25, 0.3) is 0 Å². The lowest BCUT2D eigenvalue weighted by atomic mass is 10.1. The molecule has 3 nitrogen and oxygen atoms in total. The van der Waals surface area contributed by atoms with Crippen molar-refractivity contribution in [1.82, 2.24) is 0 Å². The summed E-state index contributed by atoms with van der Waals surface area (Å²) >= 11 is 1.53. The average Bonchev–Trinajstić information content (AvgIpc) is 2.85. The van der Waals surface area contributed by atoms with Gasteiger partial charge in [-0.1, -0.05) is 6.07 Å².